The molecule has 0 bridgehead atoms. The predicted molar refractivity (Wildman–Crippen MR) is 116 cm³/mol. The van der Waals surface area contributed by atoms with Gasteiger partial charge in [-0.15, -0.1) is 0 Å². The molecule has 0 aliphatic heterocycles. The quantitative estimate of drug-likeness (QED) is 0.670. The number of methoxy groups -OCH3 is 1. The van der Waals surface area contributed by atoms with Crippen molar-refractivity contribution >= 4 is 23.4 Å². The van der Waals surface area contributed by atoms with Gasteiger partial charge in [-0.05, 0) is 42.2 Å². The minimum absolute atomic E-state index is 0.137. The maximum absolute atomic E-state index is 13.1. The van der Waals surface area contributed by atoms with Crippen molar-refractivity contribution < 1.29 is 14.3 Å². The van der Waals surface area contributed by atoms with Crippen molar-refractivity contribution in [2.24, 2.45) is 5.92 Å². The first-order chi connectivity index (χ1) is 13.8. The van der Waals surface area contributed by atoms with E-state index in [2.05, 4.69) is 5.32 Å². The van der Waals surface area contributed by atoms with Crippen LogP contribution in [-0.2, 0) is 22.6 Å². The average Bonchev–Trinajstić information content (AvgIpc) is 2.71. The van der Waals surface area contributed by atoms with Crippen LogP contribution in [0.25, 0.3) is 0 Å². The molecule has 0 heterocycles. The van der Waals surface area contributed by atoms with Crippen LogP contribution in [0.4, 0.5) is 0 Å². The molecule has 0 aliphatic carbocycles. The first-order valence-corrected chi connectivity index (χ1v) is 10.1. The van der Waals surface area contributed by atoms with E-state index in [0.29, 0.717) is 17.5 Å². The second-order valence-electron chi connectivity index (χ2n) is 7.45. The highest BCUT2D eigenvalue weighted by atomic mass is 35.5. The summed E-state index contributed by atoms with van der Waals surface area (Å²) in [4.78, 5) is 27.4. The van der Waals surface area contributed by atoms with Gasteiger partial charge in [0.15, 0.2) is 0 Å². The Morgan fingerprint density at radius 1 is 1.07 bits per heavy atom. The average molecular weight is 417 g/mol. The van der Waals surface area contributed by atoms with Gasteiger partial charge >= 0.3 is 0 Å². The Morgan fingerprint density at radius 2 is 1.72 bits per heavy atom. The summed E-state index contributed by atoms with van der Waals surface area (Å²) in [6.07, 6.45) is 0.191. The van der Waals surface area contributed by atoms with Crippen molar-refractivity contribution in [2.75, 3.05) is 13.7 Å². The van der Waals surface area contributed by atoms with Crippen LogP contribution in [0.5, 0.6) is 5.75 Å². The van der Waals surface area contributed by atoms with Gasteiger partial charge in [0.2, 0.25) is 11.8 Å². The lowest BCUT2D eigenvalue weighted by Crippen LogP contribution is -2.48. The SMILES string of the molecule is COc1ccc(CC(=O)N(Cc2ccccc2Cl)[C@@H](C)C(=O)NCC(C)C)cc1. The van der Waals surface area contributed by atoms with Crippen molar-refractivity contribution in [3.8, 4) is 5.75 Å². The third-order valence-electron chi connectivity index (χ3n) is 4.66. The molecule has 1 atom stereocenters. The summed E-state index contributed by atoms with van der Waals surface area (Å²) < 4.78 is 5.17. The van der Waals surface area contributed by atoms with E-state index in [9.17, 15) is 9.59 Å². The Morgan fingerprint density at radius 3 is 2.31 bits per heavy atom. The predicted octanol–water partition coefficient (Wildman–Crippen LogP) is 4.08. The van der Waals surface area contributed by atoms with Crippen LogP contribution in [0.15, 0.2) is 48.5 Å². The number of amides is 2. The Hall–Kier alpha value is -2.53. The topological polar surface area (TPSA) is 58.6 Å². The first-order valence-electron chi connectivity index (χ1n) is 9.75. The fourth-order valence-corrected chi connectivity index (χ4v) is 3.06. The van der Waals surface area contributed by atoms with E-state index in [1.165, 1.54) is 0 Å². The molecule has 0 aromatic heterocycles. The molecule has 0 unspecified atom stereocenters. The molecule has 6 heteroatoms. The van der Waals surface area contributed by atoms with Crippen LogP contribution in [0.2, 0.25) is 5.02 Å². The van der Waals surface area contributed by atoms with E-state index in [1.807, 2.05) is 56.3 Å². The fraction of sp³-hybridized carbons (Fsp3) is 0.391. The van der Waals surface area contributed by atoms with Crippen molar-refractivity contribution in [1.82, 2.24) is 10.2 Å². The van der Waals surface area contributed by atoms with Gasteiger partial charge in [0.25, 0.3) is 0 Å². The molecule has 0 spiro atoms. The third kappa shape index (κ3) is 6.79. The molecular weight excluding hydrogens is 388 g/mol. The van der Waals surface area contributed by atoms with Crippen molar-refractivity contribution in [3.63, 3.8) is 0 Å². The van der Waals surface area contributed by atoms with Crippen molar-refractivity contribution in [3.05, 3.63) is 64.7 Å². The van der Waals surface area contributed by atoms with Gasteiger partial charge in [-0.25, -0.2) is 0 Å². The molecule has 2 rings (SSSR count). The smallest absolute Gasteiger partial charge is 0.242 e. The summed E-state index contributed by atoms with van der Waals surface area (Å²) in [5.74, 6) is 0.754. The maximum Gasteiger partial charge on any atom is 0.242 e. The van der Waals surface area contributed by atoms with Crippen LogP contribution in [-0.4, -0.2) is 36.4 Å². The van der Waals surface area contributed by atoms with E-state index in [0.717, 1.165) is 16.9 Å². The largest absolute Gasteiger partial charge is 0.497 e. The highest BCUT2D eigenvalue weighted by Crippen LogP contribution is 2.20. The third-order valence-corrected chi connectivity index (χ3v) is 5.03. The highest BCUT2D eigenvalue weighted by Gasteiger charge is 2.26. The Kier molecular flexibility index (Phi) is 8.52. The number of carbonyl (C=O) groups excluding carboxylic acids is 2. The van der Waals surface area contributed by atoms with Crippen LogP contribution in [0.3, 0.4) is 0 Å². The van der Waals surface area contributed by atoms with Crippen LogP contribution < -0.4 is 10.1 Å². The van der Waals surface area contributed by atoms with E-state index >= 15 is 0 Å². The van der Waals surface area contributed by atoms with Crippen LogP contribution in [0.1, 0.15) is 31.9 Å². The summed E-state index contributed by atoms with van der Waals surface area (Å²) in [6, 6.07) is 14.1. The monoisotopic (exact) mass is 416 g/mol. The number of hydrogen-bond acceptors (Lipinski definition) is 3. The van der Waals surface area contributed by atoms with E-state index in [-0.39, 0.29) is 24.8 Å². The van der Waals surface area contributed by atoms with Gasteiger partial charge in [0, 0.05) is 18.1 Å². The molecule has 2 amide bonds. The second-order valence-corrected chi connectivity index (χ2v) is 7.86. The molecular formula is C23H29ClN2O3. The Labute approximate surface area is 178 Å². The lowest BCUT2D eigenvalue weighted by atomic mass is 10.1. The molecule has 5 nitrogen and oxygen atoms in total. The zero-order chi connectivity index (χ0) is 21.4. The van der Waals surface area contributed by atoms with Crippen LogP contribution >= 0.6 is 11.6 Å². The molecule has 0 radical (unpaired) electrons. The van der Waals surface area contributed by atoms with Crippen LogP contribution in [0, 0.1) is 5.92 Å². The van der Waals surface area contributed by atoms with Gasteiger partial charge in [0.05, 0.1) is 13.5 Å². The molecule has 1 N–H and O–H groups in total. The number of carbonyl (C=O) groups is 2. The Balaban J connectivity index is 2.20. The summed E-state index contributed by atoms with van der Waals surface area (Å²) in [6.45, 7) is 6.64. The van der Waals surface area contributed by atoms with Gasteiger partial charge in [-0.2, -0.15) is 0 Å². The summed E-state index contributed by atoms with van der Waals surface area (Å²) >= 11 is 6.30. The zero-order valence-electron chi connectivity index (χ0n) is 17.4. The number of benzene rings is 2. The number of halogens is 1. The molecule has 0 aliphatic rings. The lowest BCUT2D eigenvalue weighted by molar-refractivity contribution is -0.140. The van der Waals surface area contributed by atoms with Gasteiger partial charge < -0.3 is 15.0 Å². The normalized spacial score (nSPS) is 11.8. The summed E-state index contributed by atoms with van der Waals surface area (Å²) in [7, 11) is 1.60. The maximum atomic E-state index is 13.1. The standard InChI is InChI=1S/C23H29ClN2O3/c1-16(2)14-25-23(28)17(3)26(15-19-7-5-6-8-21(19)24)22(27)13-18-9-11-20(29-4)12-10-18/h5-12,16-17H,13-15H2,1-4H3,(H,25,28)/t17-/m0/s1. The minimum atomic E-state index is -0.615. The number of rotatable bonds is 9. The lowest BCUT2D eigenvalue weighted by Gasteiger charge is -2.29. The van der Waals surface area contributed by atoms with Crippen molar-refractivity contribution in [1.29, 1.82) is 0 Å². The molecule has 2 aromatic carbocycles. The molecule has 156 valence electrons. The Bertz CT molecular complexity index is 821. The molecule has 2 aromatic rings. The molecule has 0 saturated heterocycles. The van der Waals surface area contributed by atoms with Gasteiger partial charge in [-0.1, -0.05) is 55.8 Å². The molecule has 29 heavy (non-hydrogen) atoms. The van der Waals surface area contributed by atoms with E-state index < -0.39 is 6.04 Å². The number of hydrogen-bond donors (Lipinski definition) is 1. The van der Waals surface area contributed by atoms with E-state index in [4.69, 9.17) is 16.3 Å². The van der Waals surface area contributed by atoms with Gasteiger partial charge in [-0.3, -0.25) is 9.59 Å². The van der Waals surface area contributed by atoms with Crippen molar-refractivity contribution in [2.45, 2.75) is 39.8 Å². The zero-order valence-corrected chi connectivity index (χ0v) is 18.2. The minimum Gasteiger partial charge on any atom is -0.497 e. The highest BCUT2D eigenvalue weighted by molar-refractivity contribution is 6.31. The number of ether oxygens (including phenoxy) is 1. The first kappa shape index (κ1) is 22.8. The molecule has 0 fully saturated rings. The second kappa shape index (κ2) is 10.9. The van der Waals surface area contributed by atoms with Gasteiger partial charge in [0.1, 0.15) is 11.8 Å². The summed E-state index contributed by atoms with van der Waals surface area (Å²) in [5, 5.41) is 3.49. The number of nitrogens with one attached hydrogen (secondary N) is 1. The number of nitrogens with zero attached hydrogens (tertiary/aromatic N) is 1. The fourth-order valence-electron chi connectivity index (χ4n) is 2.86. The summed E-state index contributed by atoms with van der Waals surface area (Å²) in [5.41, 5.74) is 1.66. The molecule has 0 saturated carbocycles. The van der Waals surface area contributed by atoms with E-state index in [1.54, 1.807) is 25.0 Å².